The van der Waals surface area contributed by atoms with Crippen LogP contribution in [0.25, 0.3) is 6.08 Å². The standard InChI is InChI=1S/C39H45N3O10/c1-21(44)30(35(45)40-13-14-43)41-37(47)39-19-29-31-32(51-38(50-31)17-25-7-2-3-8-26(25)18-38)34(39)52-42(33(39)36(46)49-29)20-24-6-4-5-22(15-24)9-10-23-11-12-27-28(16-23)48-27/h2-10,15,21,23,27-34,43-44H,11-14,16-20H2,1H3,(H,40,45)(H,41,47). The SMILES string of the molecule is CC(O)C(NC(=O)C12CC3OC(=O)C1N(Cc1cccc(C=CC4CCC5OC5C4)c1)OC2C1OC2(Cc4ccccc4C2)OC31)C(=O)NCCO. The highest BCUT2D eigenvalue weighted by molar-refractivity contribution is 5.96. The molecule has 7 aliphatic rings. The van der Waals surface area contributed by atoms with Crippen LogP contribution in [-0.2, 0) is 57.6 Å². The highest BCUT2D eigenvalue weighted by atomic mass is 16.8. The minimum Gasteiger partial charge on any atom is -0.458 e. The van der Waals surface area contributed by atoms with Gasteiger partial charge >= 0.3 is 5.97 Å². The van der Waals surface area contributed by atoms with E-state index in [-0.39, 0.29) is 26.1 Å². The average molecular weight is 716 g/mol. The third-order valence-corrected chi connectivity index (χ3v) is 12.1. The number of benzene rings is 2. The maximum Gasteiger partial charge on any atom is 0.327 e. The summed E-state index contributed by atoms with van der Waals surface area (Å²) in [5.74, 6) is -2.45. The Labute approximate surface area is 301 Å². The van der Waals surface area contributed by atoms with Crippen LogP contribution in [0.2, 0.25) is 0 Å². The highest BCUT2D eigenvalue weighted by Gasteiger charge is 2.76. The van der Waals surface area contributed by atoms with Gasteiger partial charge in [-0.15, -0.1) is 0 Å². The lowest BCUT2D eigenvalue weighted by Gasteiger charge is -2.49. The maximum absolute atomic E-state index is 14.7. The molecule has 2 bridgehead atoms. The molecular weight excluding hydrogens is 670 g/mol. The number of hydroxylamine groups is 2. The molecule has 6 fully saturated rings. The zero-order valence-corrected chi connectivity index (χ0v) is 29.0. The van der Waals surface area contributed by atoms with Gasteiger partial charge in [0.1, 0.15) is 35.9 Å². The van der Waals surface area contributed by atoms with Crippen LogP contribution in [0.1, 0.15) is 54.9 Å². The van der Waals surface area contributed by atoms with Crippen LogP contribution in [0.5, 0.6) is 0 Å². The molecule has 0 radical (unpaired) electrons. The zero-order valence-electron chi connectivity index (χ0n) is 29.0. The number of carbonyl (C=O) groups excluding carboxylic acids is 3. The van der Waals surface area contributed by atoms with E-state index in [2.05, 4.69) is 22.8 Å². The van der Waals surface area contributed by atoms with Crippen molar-refractivity contribution < 1.29 is 48.4 Å². The predicted octanol–water partition coefficient (Wildman–Crippen LogP) is 1.32. The molecule has 4 N–H and O–H groups in total. The van der Waals surface area contributed by atoms with Crippen LogP contribution in [-0.4, -0.2) is 107 Å². The van der Waals surface area contributed by atoms with Crippen molar-refractivity contribution in [2.45, 2.75) is 113 Å². The average Bonchev–Trinajstić information content (AvgIpc) is 3.48. The molecule has 2 saturated carbocycles. The number of rotatable bonds is 10. The van der Waals surface area contributed by atoms with Gasteiger partial charge in [-0.1, -0.05) is 60.7 Å². The first-order chi connectivity index (χ1) is 25.2. The first kappa shape index (κ1) is 34.1. The molecule has 2 aromatic carbocycles. The number of carbonyl (C=O) groups is 3. The van der Waals surface area contributed by atoms with E-state index in [4.69, 9.17) is 23.8 Å². The number of fused-ring (bicyclic) bond motifs is 6. The van der Waals surface area contributed by atoms with E-state index in [1.54, 1.807) is 0 Å². The maximum atomic E-state index is 14.7. The molecule has 11 atom stereocenters. The van der Waals surface area contributed by atoms with E-state index in [0.717, 1.165) is 41.5 Å². The second-order valence-corrected chi connectivity index (χ2v) is 15.5. The minimum atomic E-state index is -1.53. The zero-order chi connectivity index (χ0) is 35.8. The van der Waals surface area contributed by atoms with Gasteiger partial charge in [-0.2, -0.15) is 5.06 Å². The van der Waals surface area contributed by atoms with Crippen molar-refractivity contribution >= 4 is 23.9 Å². The van der Waals surface area contributed by atoms with Crippen LogP contribution in [0.4, 0.5) is 0 Å². The fourth-order valence-corrected chi connectivity index (χ4v) is 9.56. The van der Waals surface area contributed by atoms with Crippen LogP contribution in [0.15, 0.2) is 54.6 Å². The normalized spacial score (nSPS) is 36.1. The number of nitrogens with zero attached hydrogens (tertiary/aromatic N) is 1. The number of hydrogen-bond acceptors (Lipinski definition) is 11. The fraction of sp³-hybridized carbons (Fsp3) is 0.564. The number of nitrogens with one attached hydrogen (secondary N) is 2. The molecule has 0 aromatic heterocycles. The number of hydrogen-bond donors (Lipinski definition) is 4. The number of ether oxygens (including phenoxy) is 4. The third kappa shape index (κ3) is 5.77. The van der Waals surface area contributed by atoms with Crippen LogP contribution in [0.3, 0.4) is 0 Å². The third-order valence-electron chi connectivity index (χ3n) is 12.1. The van der Waals surface area contributed by atoms with E-state index >= 15 is 0 Å². The smallest absolute Gasteiger partial charge is 0.327 e. The molecule has 2 amide bonds. The lowest BCUT2D eigenvalue weighted by Crippen LogP contribution is -2.71. The van der Waals surface area contributed by atoms with Gasteiger partial charge in [-0.05, 0) is 54.4 Å². The van der Waals surface area contributed by atoms with E-state index in [1.165, 1.54) is 12.0 Å². The quantitative estimate of drug-likeness (QED) is 0.207. The van der Waals surface area contributed by atoms with Gasteiger partial charge < -0.3 is 39.8 Å². The Morgan fingerprint density at radius 1 is 1.04 bits per heavy atom. The summed E-state index contributed by atoms with van der Waals surface area (Å²) in [4.78, 5) is 48.6. The number of epoxide rings is 1. The van der Waals surface area contributed by atoms with Gasteiger partial charge in [0, 0.05) is 25.8 Å². The van der Waals surface area contributed by atoms with Crippen molar-refractivity contribution in [3.05, 3.63) is 76.9 Å². The van der Waals surface area contributed by atoms with Gasteiger partial charge in [0.25, 0.3) is 0 Å². The minimum absolute atomic E-state index is 0.0523. The molecule has 276 valence electrons. The van der Waals surface area contributed by atoms with Crippen molar-refractivity contribution in [2.75, 3.05) is 13.2 Å². The Balaban J connectivity index is 1.03. The topological polar surface area (TPSA) is 168 Å². The number of aliphatic hydroxyl groups is 2. The molecule has 13 nitrogen and oxygen atoms in total. The van der Waals surface area contributed by atoms with E-state index in [9.17, 15) is 24.6 Å². The highest BCUT2D eigenvalue weighted by Crippen LogP contribution is 2.58. The van der Waals surface area contributed by atoms with Crippen molar-refractivity contribution in [1.82, 2.24) is 15.7 Å². The second kappa shape index (κ2) is 13.0. The summed E-state index contributed by atoms with van der Waals surface area (Å²) in [7, 11) is 0. The predicted molar refractivity (Wildman–Crippen MR) is 183 cm³/mol. The van der Waals surface area contributed by atoms with Crippen molar-refractivity contribution in [2.24, 2.45) is 11.3 Å². The lowest BCUT2D eigenvalue weighted by molar-refractivity contribution is -0.217. The van der Waals surface area contributed by atoms with Crippen molar-refractivity contribution in [1.29, 1.82) is 0 Å². The van der Waals surface area contributed by atoms with Crippen LogP contribution in [0, 0.1) is 11.3 Å². The summed E-state index contributed by atoms with van der Waals surface area (Å²) in [6.45, 7) is 1.21. The summed E-state index contributed by atoms with van der Waals surface area (Å²) in [5, 5.41) is 26.7. The molecule has 2 aromatic rings. The summed E-state index contributed by atoms with van der Waals surface area (Å²) in [5.41, 5.74) is 2.56. The first-order valence-electron chi connectivity index (χ1n) is 18.5. The monoisotopic (exact) mass is 715 g/mol. The number of esters is 1. The van der Waals surface area contributed by atoms with E-state index < -0.39 is 71.6 Å². The Bertz CT molecular complexity index is 1760. The Hall–Kier alpha value is -3.69. The molecule has 3 aliphatic carbocycles. The number of allylic oxidation sites excluding steroid dienone is 1. The van der Waals surface area contributed by atoms with Gasteiger partial charge in [-0.3, -0.25) is 19.2 Å². The van der Waals surface area contributed by atoms with Crippen LogP contribution >= 0.6 is 0 Å². The molecule has 13 heteroatoms. The molecule has 52 heavy (non-hydrogen) atoms. The molecule has 1 spiro atoms. The molecule has 4 heterocycles. The molecular formula is C39H45N3O10. The molecule has 9 rings (SSSR count). The summed E-state index contributed by atoms with van der Waals surface area (Å²) >= 11 is 0. The van der Waals surface area contributed by atoms with Crippen molar-refractivity contribution in [3.63, 3.8) is 0 Å². The summed E-state index contributed by atoms with van der Waals surface area (Å²) < 4.78 is 25.3. The van der Waals surface area contributed by atoms with Gasteiger partial charge in [-0.25, -0.2) is 0 Å². The fourth-order valence-electron chi connectivity index (χ4n) is 9.56. The molecule has 4 saturated heterocycles. The van der Waals surface area contributed by atoms with Gasteiger partial charge in [0.2, 0.25) is 11.8 Å². The van der Waals surface area contributed by atoms with Gasteiger partial charge in [0.05, 0.1) is 31.5 Å². The number of amides is 2. The summed E-state index contributed by atoms with van der Waals surface area (Å²) in [6.07, 6.45) is 5.03. The van der Waals surface area contributed by atoms with Gasteiger partial charge in [0.15, 0.2) is 11.8 Å². The second-order valence-electron chi connectivity index (χ2n) is 15.5. The van der Waals surface area contributed by atoms with E-state index in [0.29, 0.717) is 31.0 Å². The lowest BCUT2D eigenvalue weighted by atomic mass is 9.62. The summed E-state index contributed by atoms with van der Waals surface area (Å²) in [6, 6.07) is 13.5. The largest absolute Gasteiger partial charge is 0.458 e. The molecule has 4 aliphatic heterocycles. The van der Waals surface area contributed by atoms with Crippen LogP contribution < -0.4 is 10.6 Å². The van der Waals surface area contributed by atoms with Crippen molar-refractivity contribution in [3.8, 4) is 0 Å². The first-order valence-corrected chi connectivity index (χ1v) is 18.5. The number of aliphatic hydroxyl groups excluding tert-OH is 2. The van der Waals surface area contributed by atoms with E-state index in [1.807, 2.05) is 48.5 Å². The Morgan fingerprint density at radius 2 is 1.83 bits per heavy atom. The Morgan fingerprint density at radius 3 is 2.58 bits per heavy atom. The molecule has 11 unspecified atom stereocenters. The Kier molecular flexibility index (Phi) is 8.53.